The van der Waals surface area contributed by atoms with Crippen LogP contribution in [-0.2, 0) is 42.6 Å². The van der Waals surface area contributed by atoms with E-state index in [4.69, 9.17) is 34.0 Å². The highest BCUT2D eigenvalue weighted by atomic mass is 31.1. The van der Waals surface area contributed by atoms with Crippen molar-refractivity contribution in [1.29, 1.82) is 0 Å². The second-order valence-corrected chi connectivity index (χ2v) is 17.8. The van der Waals surface area contributed by atoms with Crippen LogP contribution in [0.25, 0.3) is 10.4 Å². The van der Waals surface area contributed by atoms with E-state index in [1.165, 1.54) is 0 Å². The van der Waals surface area contributed by atoms with E-state index in [-0.39, 0.29) is 51.3 Å². The molecule has 3 heterocycles. The molecule has 2 fully saturated rings. The number of nitrogens with zero attached hydrogens (tertiary/aromatic N) is 5. The fraction of sp³-hybridized carbons (Fsp3) is 0.872. The molecule has 3 unspecified atom stereocenters. The zero-order valence-corrected chi connectivity index (χ0v) is 36.5. The Kier molecular flexibility index (Phi) is 16.8. The maximum atomic E-state index is 14.3. The second-order valence-electron chi connectivity index (χ2n) is 16.9. The summed E-state index contributed by atoms with van der Waals surface area (Å²) < 4.78 is 49.9. The highest BCUT2D eigenvalue weighted by molar-refractivity contribution is 7.25. The number of rotatable bonds is 21. The third-order valence-corrected chi connectivity index (χ3v) is 12.6. The van der Waals surface area contributed by atoms with Crippen LogP contribution >= 0.6 is 8.46 Å². The summed E-state index contributed by atoms with van der Waals surface area (Å²) in [6.45, 7) is 18.4. The number of ketones is 1. The molecule has 3 aliphatic heterocycles. The van der Waals surface area contributed by atoms with Crippen molar-refractivity contribution in [3.8, 4) is 0 Å². The van der Waals surface area contributed by atoms with Gasteiger partial charge in [-0.05, 0) is 85.3 Å². The molecule has 0 spiro atoms. The second kappa shape index (κ2) is 19.7. The van der Waals surface area contributed by atoms with Crippen LogP contribution in [-0.4, -0.2) is 126 Å². The number of aliphatic hydroxyl groups is 1. The smallest absolute Gasteiger partial charge is 0.410 e. The number of carbonyl (C=O) groups is 3. The molecule has 3 rings (SSSR count). The van der Waals surface area contributed by atoms with Crippen LogP contribution in [0.5, 0.6) is 0 Å². The average molecular weight is 812 g/mol. The number of amides is 1. The van der Waals surface area contributed by atoms with Gasteiger partial charge in [-0.15, -0.1) is 0 Å². The first-order valence-corrected chi connectivity index (χ1v) is 20.7. The summed E-state index contributed by atoms with van der Waals surface area (Å²) >= 11 is 0. The normalized spacial score (nSPS) is 30.4. The summed E-state index contributed by atoms with van der Waals surface area (Å²) in [4.78, 5) is 46.9. The summed E-state index contributed by atoms with van der Waals surface area (Å²) in [5.74, 6) is -3.13. The molecule has 0 aromatic carbocycles. The first-order chi connectivity index (χ1) is 26.1. The predicted octanol–water partition coefficient (Wildman–Crippen LogP) is 6.78. The Morgan fingerprint density at radius 3 is 2.41 bits per heavy atom. The van der Waals surface area contributed by atoms with Gasteiger partial charge in [0.2, 0.25) is 5.79 Å². The highest BCUT2D eigenvalue weighted by Crippen LogP contribution is 2.43. The lowest BCUT2D eigenvalue weighted by Gasteiger charge is -2.47. The molecular formula is C39H66N5O11P. The summed E-state index contributed by atoms with van der Waals surface area (Å²) in [6, 6.07) is -0.727. The topological polar surface area (TPSA) is 199 Å². The van der Waals surface area contributed by atoms with Gasteiger partial charge in [0, 0.05) is 63.3 Å². The number of hydrogen-bond acceptors (Lipinski definition) is 13. The number of Topliss-reactive ketones (excluding diaryl/α,β-unsaturated/α-hetero) is 1. The summed E-state index contributed by atoms with van der Waals surface area (Å²) in [5, 5.41) is 14.7. The van der Waals surface area contributed by atoms with Gasteiger partial charge in [0.15, 0.2) is 20.4 Å². The molecule has 2 saturated heterocycles. The van der Waals surface area contributed by atoms with Crippen molar-refractivity contribution in [2.24, 2.45) is 22.9 Å². The lowest BCUT2D eigenvalue weighted by molar-refractivity contribution is -0.266. The number of azide groups is 1. The summed E-state index contributed by atoms with van der Waals surface area (Å²) in [7, 11) is 5.23. The number of aliphatic hydroxyl groups excluding tert-OH is 1. The third-order valence-electron chi connectivity index (χ3n) is 11.8. The van der Waals surface area contributed by atoms with Gasteiger partial charge in [-0.25, -0.2) is 9.59 Å². The molecule has 0 aromatic heterocycles. The largest absolute Gasteiger partial charge is 0.456 e. The minimum absolute atomic E-state index is 0.0723. The molecule has 56 heavy (non-hydrogen) atoms. The maximum absolute atomic E-state index is 14.3. The number of unbranched alkanes of at least 4 members (excludes halogenated alkanes) is 1. The van der Waals surface area contributed by atoms with Crippen molar-refractivity contribution < 1.29 is 52.5 Å². The molecule has 12 atom stereocenters. The number of hydrogen-bond donors (Lipinski definition) is 1. The van der Waals surface area contributed by atoms with Gasteiger partial charge in [-0.2, -0.15) is 0 Å². The average Bonchev–Trinajstić information content (AvgIpc) is 3.39. The number of cyclic esters (lactones) is 2. The Labute approximate surface area is 334 Å². The zero-order valence-electron chi connectivity index (χ0n) is 35.6. The van der Waals surface area contributed by atoms with Crippen LogP contribution < -0.4 is 0 Å². The minimum atomic E-state index is -1.26. The molecule has 0 radical (unpaired) electrons. The van der Waals surface area contributed by atoms with Crippen LogP contribution in [0.4, 0.5) is 4.79 Å². The molecule has 0 bridgehead atoms. The quantitative estimate of drug-likeness (QED) is 0.0319. The molecule has 0 saturated carbocycles. The van der Waals surface area contributed by atoms with Crippen molar-refractivity contribution >= 4 is 26.3 Å². The Hall–Kier alpha value is -2.84. The molecule has 0 aromatic rings. The van der Waals surface area contributed by atoms with Gasteiger partial charge in [-0.3, -0.25) is 9.36 Å². The summed E-state index contributed by atoms with van der Waals surface area (Å²) in [6.07, 6.45) is -1.20. The molecule has 3 aliphatic rings. The fourth-order valence-corrected chi connectivity index (χ4v) is 9.49. The van der Waals surface area contributed by atoms with E-state index in [1.807, 2.05) is 60.5 Å². The Morgan fingerprint density at radius 2 is 1.84 bits per heavy atom. The molecule has 17 heteroatoms. The Bertz CT molecular complexity index is 1490. The number of methoxy groups -OCH3 is 1. The number of esters is 1. The molecule has 318 valence electrons. The fourth-order valence-electron chi connectivity index (χ4n) is 8.72. The molecule has 1 amide bonds. The number of carbonyl (C=O) groups excluding carboxylic acids is 3. The van der Waals surface area contributed by atoms with Gasteiger partial charge in [0.25, 0.3) is 0 Å². The van der Waals surface area contributed by atoms with E-state index in [1.54, 1.807) is 39.7 Å². The van der Waals surface area contributed by atoms with E-state index in [0.717, 1.165) is 0 Å². The van der Waals surface area contributed by atoms with Crippen molar-refractivity contribution in [2.45, 2.75) is 167 Å². The minimum Gasteiger partial charge on any atom is -0.456 e. The van der Waals surface area contributed by atoms with E-state index < -0.39 is 77.0 Å². The van der Waals surface area contributed by atoms with Crippen molar-refractivity contribution in [3.05, 3.63) is 21.8 Å². The highest BCUT2D eigenvalue weighted by Gasteiger charge is 2.57. The van der Waals surface area contributed by atoms with Gasteiger partial charge in [-0.1, -0.05) is 32.8 Å². The number of ether oxygens (including phenoxy) is 6. The molecule has 1 N–H and O–H groups in total. The summed E-state index contributed by atoms with van der Waals surface area (Å²) in [5.41, 5.74) is 5.94. The van der Waals surface area contributed by atoms with Gasteiger partial charge < -0.3 is 43.3 Å². The molecule has 16 nitrogen and oxygen atoms in total. The lowest BCUT2D eigenvalue weighted by atomic mass is 9.76. The predicted molar refractivity (Wildman–Crippen MR) is 209 cm³/mol. The van der Waals surface area contributed by atoms with Crippen molar-refractivity contribution in [1.82, 2.24) is 9.80 Å². The van der Waals surface area contributed by atoms with Crippen LogP contribution in [0.15, 0.2) is 16.4 Å². The van der Waals surface area contributed by atoms with Gasteiger partial charge in [0.1, 0.15) is 17.2 Å². The maximum Gasteiger partial charge on any atom is 0.410 e. The third kappa shape index (κ3) is 10.8. The Balaban J connectivity index is 1.97. The van der Waals surface area contributed by atoms with Crippen molar-refractivity contribution in [3.63, 3.8) is 0 Å². The first kappa shape index (κ1) is 47.5. The van der Waals surface area contributed by atoms with E-state index >= 15 is 0 Å². The van der Waals surface area contributed by atoms with Crippen LogP contribution in [0.3, 0.4) is 0 Å². The van der Waals surface area contributed by atoms with E-state index in [2.05, 4.69) is 10.0 Å². The first-order valence-electron chi connectivity index (χ1n) is 19.8. The molecular weight excluding hydrogens is 745 g/mol. The van der Waals surface area contributed by atoms with Crippen LogP contribution in [0.2, 0.25) is 0 Å². The monoisotopic (exact) mass is 811 g/mol. The van der Waals surface area contributed by atoms with Gasteiger partial charge >= 0.3 is 12.1 Å². The van der Waals surface area contributed by atoms with Crippen LogP contribution in [0.1, 0.15) is 108 Å². The van der Waals surface area contributed by atoms with E-state index in [0.29, 0.717) is 38.0 Å². The van der Waals surface area contributed by atoms with Gasteiger partial charge in [0.05, 0.1) is 35.5 Å². The standard InChI is InChI=1S/C39H66N5O11P/c1-14-29(46)39(10)32(44(36(48)55-39)18-16-15-17-41-42-40)22(2)19-28(45)23(3)21-38(9,50-13)33(25(5)30-26(6)34(47)54-37(7,8)53-30)52-35-31(56-49)27(43(11)12)20-24(4)51-35/h22-25,27,29,31-33,35,46H,14-21H2,1-13H3/t22-,23+,24?,25-,27?,29+,31?,32+,33+,35-,38+,39+/m0/s1. The Morgan fingerprint density at radius 1 is 1.18 bits per heavy atom. The van der Waals surface area contributed by atoms with Crippen LogP contribution in [0, 0.1) is 17.8 Å². The van der Waals surface area contributed by atoms with Crippen molar-refractivity contribution in [2.75, 3.05) is 34.3 Å². The molecule has 0 aliphatic carbocycles. The van der Waals surface area contributed by atoms with E-state index in [9.17, 15) is 24.1 Å². The lowest BCUT2D eigenvalue weighted by Crippen LogP contribution is -2.57. The SMILES string of the molecule is CC[C@@H](O)[C@@]1(C)OC(=O)N(CCCCN=[N+]=[N-])[C@@H]1[C@@H](C)CC(=O)[C@H](C)C[C@@](C)(OC)[C@H](O[C@@H]1OC(C)CC(N(C)C)C1P=O)[C@@H](C)C1=C(C)C(=O)OC(C)(C)O1. The zero-order chi connectivity index (χ0) is 42.3.